The van der Waals surface area contributed by atoms with E-state index in [2.05, 4.69) is 24.0 Å². The van der Waals surface area contributed by atoms with Crippen molar-refractivity contribution in [2.75, 3.05) is 13.1 Å². The van der Waals surface area contributed by atoms with Crippen molar-refractivity contribution in [2.24, 2.45) is 0 Å². The van der Waals surface area contributed by atoms with Crippen LogP contribution in [0.4, 0.5) is 4.39 Å². The molecule has 2 rings (SSSR count). The summed E-state index contributed by atoms with van der Waals surface area (Å²) in [6.45, 7) is 5.63. The highest BCUT2D eigenvalue weighted by Crippen LogP contribution is 2.10. The lowest BCUT2D eigenvalue weighted by Crippen LogP contribution is -2.19. The number of hydrogen-bond acceptors (Lipinski definition) is 1. The average Bonchev–Trinajstić information content (AvgIpc) is 2.44. The summed E-state index contributed by atoms with van der Waals surface area (Å²) in [6, 6.07) is 16.8. The Balaban J connectivity index is 1.74. The van der Waals surface area contributed by atoms with Crippen molar-refractivity contribution >= 4 is 5.57 Å². The fourth-order valence-corrected chi connectivity index (χ4v) is 1.94. The van der Waals surface area contributed by atoms with Crippen molar-refractivity contribution in [2.45, 2.75) is 6.42 Å². The van der Waals surface area contributed by atoms with Crippen molar-refractivity contribution in [1.29, 1.82) is 0 Å². The van der Waals surface area contributed by atoms with Crippen molar-refractivity contribution in [3.8, 4) is 0 Å². The van der Waals surface area contributed by atoms with Crippen molar-refractivity contribution < 1.29 is 4.39 Å². The van der Waals surface area contributed by atoms with Crippen LogP contribution in [0.25, 0.3) is 5.57 Å². The fourth-order valence-electron chi connectivity index (χ4n) is 1.94. The second kappa shape index (κ2) is 6.86. The van der Waals surface area contributed by atoms with Gasteiger partial charge in [0.15, 0.2) is 0 Å². The van der Waals surface area contributed by atoms with Crippen LogP contribution in [0.3, 0.4) is 0 Å². The molecular weight excluding hydrogens is 237 g/mol. The van der Waals surface area contributed by atoms with Crippen molar-refractivity contribution in [1.82, 2.24) is 5.32 Å². The van der Waals surface area contributed by atoms with Gasteiger partial charge in [-0.2, -0.15) is 0 Å². The predicted molar refractivity (Wildman–Crippen MR) is 78.4 cm³/mol. The first kappa shape index (κ1) is 13.5. The molecule has 0 saturated carbocycles. The second-order valence-corrected chi connectivity index (χ2v) is 4.53. The Hall–Kier alpha value is -1.93. The number of benzene rings is 2. The van der Waals surface area contributed by atoms with E-state index in [1.807, 2.05) is 24.3 Å². The summed E-state index contributed by atoms with van der Waals surface area (Å²) in [5.74, 6) is -0.175. The molecule has 2 heteroatoms. The molecule has 0 fully saturated rings. The molecule has 19 heavy (non-hydrogen) atoms. The molecule has 0 aliphatic heterocycles. The third kappa shape index (κ3) is 4.34. The third-order valence-electron chi connectivity index (χ3n) is 3.00. The molecule has 0 atom stereocenters. The molecule has 0 aromatic heterocycles. The molecular formula is C17H18FN. The van der Waals surface area contributed by atoms with Crippen molar-refractivity contribution in [3.63, 3.8) is 0 Å². The molecule has 0 saturated heterocycles. The molecule has 0 bridgehead atoms. The van der Waals surface area contributed by atoms with Crippen LogP contribution < -0.4 is 5.32 Å². The lowest BCUT2D eigenvalue weighted by Gasteiger charge is -2.08. The maximum atomic E-state index is 13.0. The predicted octanol–water partition coefficient (Wildman–Crippen LogP) is 3.67. The van der Waals surface area contributed by atoms with Gasteiger partial charge in [-0.15, -0.1) is 0 Å². The first-order valence-electron chi connectivity index (χ1n) is 6.44. The van der Waals surface area contributed by atoms with Gasteiger partial charge in [0.2, 0.25) is 0 Å². The number of hydrogen-bond donors (Lipinski definition) is 1. The second-order valence-electron chi connectivity index (χ2n) is 4.53. The zero-order valence-corrected chi connectivity index (χ0v) is 10.9. The SMILES string of the molecule is C=C(CNCCc1cccc(F)c1)c1ccccc1. The quantitative estimate of drug-likeness (QED) is 0.777. The molecule has 2 aromatic carbocycles. The lowest BCUT2D eigenvalue weighted by atomic mass is 10.1. The van der Waals surface area contributed by atoms with Gasteiger partial charge in [0, 0.05) is 6.54 Å². The summed E-state index contributed by atoms with van der Waals surface area (Å²) in [5, 5.41) is 3.33. The van der Waals surface area contributed by atoms with Gasteiger partial charge >= 0.3 is 0 Å². The van der Waals surface area contributed by atoms with E-state index < -0.39 is 0 Å². The number of nitrogens with one attached hydrogen (secondary N) is 1. The minimum absolute atomic E-state index is 0.175. The zero-order chi connectivity index (χ0) is 13.5. The van der Waals surface area contributed by atoms with E-state index in [4.69, 9.17) is 0 Å². The average molecular weight is 255 g/mol. The van der Waals surface area contributed by atoms with Gasteiger partial charge in [0.1, 0.15) is 5.82 Å². The summed E-state index contributed by atoms with van der Waals surface area (Å²) < 4.78 is 13.0. The highest BCUT2D eigenvalue weighted by molar-refractivity contribution is 5.64. The van der Waals surface area contributed by atoms with Crippen LogP contribution in [0.5, 0.6) is 0 Å². The van der Waals surface area contributed by atoms with Gasteiger partial charge in [-0.3, -0.25) is 0 Å². The Morgan fingerprint density at radius 1 is 1.05 bits per heavy atom. The third-order valence-corrected chi connectivity index (χ3v) is 3.00. The highest BCUT2D eigenvalue weighted by atomic mass is 19.1. The lowest BCUT2D eigenvalue weighted by molar-refractivity contribution is 0.624. The monoisotopic (exact) mass is 255 g/mol. The first-order valence-corrected chi connectivity index (χ1v) is 6.44. The first-order chi connectivity index (χ1) is 9.25. The minimum Gasteiger partial charge on any atom is -0.312 e. The fraction of sp³-hybridized carbons (Fsp3) is 0.176. The van der Waals surface area contributed by atoms with Crippen LogP contribution in [0.2, 0.25) is 0 Å². The summed E-state index contributed by atoms with van der Waals surface area (Å²) in [4.78, 5) is 0. The van der Waals surface area contributed by atoms with Gasteiger partial charge in [-0.05, 0) is 41.8 Å². The summed E-state index contributed by atoms with van der Waals surface area (Å²) in [6.07, 6.45) is 0.819. The van der Waals surface area contributed by atoms with E-state index in [1.54, 1.807) is 12.1 Å². The zero-order valence-electron chi connectivity index (χ0n) is 10.9. The van der Waals surface area contributed by atoms with Gasteiger partial charge in [-0.1, -0.05) is 49.0 Å². The summed E-state index contributed by atoms with van der Waals surface area (Å²) in [5.41, 5.74) is 3.23. The molecule has 1 N–H and O–H groups in total. The Bertz CT molecular complexity index is 534. The Kier molecular flexibility index (Phi) is 4.87. The van der Waals surface area contributed by atoms with E-state index in [0.717, 1.165) is 36.2 Å². The van der Waals surface area contributed by atoms with Gasteiger partial charge in [0.05, 0.1) is 0 Å². The molecule has 98 valence electrons. The highest BCUT2D eigenvalue weighted by Gasteiger charge is 1.98. The molecule has 0 amide bonds. The molecule has 0 unspecified atom stereocenters. The standard InChI is InChI=1S/C17H18FN/c1-14(16-7-3-2-4-8-16)13-19-11-10-15-6-5-9-17(18)12-15/h2-9,12,19H,1,10-11,13H2. The number of halogens is 1. The largest absolute Gasteiger partial charge is 0.312 e. The van der Waals surface area contributed by atoms with Gasteiger partial charge < -0.3 is 5.32 Å². The topological polar surface area (TPSA) is 12.0 Å². The van der Waals surface area contributed by atoms with Crippen molar-refractivity contribution in [3.05, 3.63) is 78.1 Å². The van der Waals surface area contributed by atoms with Crippen LogP contribution in [0.15, 0.2) is 61.2 Å². The molecule has 0 radical (unpaired) electrons. The van der Waals surface area contributed by atoms with Crippen LogP contribution in [0.1, 0.15) is 11.1 Å². The molecule has 0 aliphatic rings. The van der Waals surface area contributed by atoms with Gasteiger partial charge in [-0.25, -0.2) is 4.39 Å². The maximum absolute atomic E-state index is 13.0. The van der Waals surface area contributed by atoms with Gasteiger partial charge in [0.25, 0.3) is 0 Å². The van der Waals surface area contributed by atoms with Crippen LogP contribution >= 0.6 is 0 Å². The maximum Gasteiger partial charge on any atom is 0.123 e. The van der Waals surface area contributed by atoms with E-state index in [9.17, 15) is 4.39 Å². The van der Waals surface area contributed by atoms with E-state index in [0.29, 0.717) is 0 Å². The molecule has 0 spiro atoms. The van der Waals surface area contributed by atoms with Crippen LogP contribution in [-0.2, 0) is 6.42 Å². The minimum atomic E-state index is -0.175. The van der Waals surface area contributed by atoms with E-state index in [-0.39, 0.29) is 5.82 Å². The van der Waals surface area contributed by atoms with E-state index >= 15 is 0 Å². The smallest absolute Gasteiger partial charge is 0.123 e. The van der Waals surface area contributed by atoms with E-state index in [1.165, 1.54) is 6.07 Å². The number of rotatable bonds is 6. The Labute approximate surface area is 113 Å². The Morgan fingerprint density at radius 2 is 1.84 bits per heavy atom. The molecule has 0 heterocycles. The molecule has 2 aromatic rings. The molecule has 0 aliphatic carbocycles. The molecule has 1 nitrogen and oxygen atoms in total. The normalized spacial score (nSPS) is 10.4. The Morgan fingerprint density at radius 3 is 2.58 bits per heavy atom. The van der Waals surface area contributed by atoms with Crippen LogP contribution in [0, 0.1) is 5.82 Å². The summed E-state index contributed by atoms with van der Waals surface area (Å²) in [7, 11) is 0. The summed E-state index contributed by atoms with van der Waals surface area (Å²) >= 11 is 0. The van der Waals surface area contributed by atoms with Crippen LogP contribution in [-0.4, -0.2) is 13.1 Å².